The summed E-state index contributed by atoms with van der Waals surface area (Å²) in [6.07, 6.45) is 0.882. The summed E-state index contributed by atoms with van der Waals surface area (Å²) in [7, 11) is 1.70. The van der Waals surface area contributed by atoms with Gasteiger partial charge in [0.1, 0.15) is 5.75 Å². The molecule has 2 bridgehead atoms. The van der Waals surface area contributed by atoms with Crippen LogP contribution in [0.3, 0.4) is 0 Å². The average Bonchev–Trinajstić information content (AvgIpc) is 2.50. The van der Waals surface area contributed by atoms with E-state index >= 15 is 0 Å². The van der Waals surface area contributed by atoms with E-state index in [2.05, 4.69) is 31.8 Å². The van der Waals surface area contributed by atoms with Crippen molar-refractivity contribution in [1.29, 1.82) is 0 Å². The minimum Gasteiger partial charge on any atom is -0.497 e. The van der Waals surface area contributed by atoms with Gasteiger partial charge in [0.15, 0.2) is 0 Å². The molecule has 3 fully saturated rings. The monoisotopic (exact) mass is 339 g/mol. The topological polar surface area (TPSA) is 41.7 Å². The molecule has 20 heavy (non-hydrogen) atoms. The molecule has 4 nitrogen and oxygen atoms in total. The quantitative estimate of drug-likeness (QED) is 0.898. The smallest absolute Gasteiger partial charge is 0.119 e. The van der Waals surface area contributed by atoms with Gasteiger partial charge in [0.25, 0.3) is 0 Å². The molecule has 0 radical (unpaired) electrons. The number of piperazine rings is 3. The highest BCUT2D eigenvalue weighted by atomic mass is 79.9. The molecule has 3 heterocycles. The first kappa shape index (κ1) is 14.3. The molecular formula is C15H22BrN3O. The second kappa shape index (κ2) is 6.02. The van der Waals surface area contributed by atoms with E-state index in [1.54, 1.807) is 7.11 Å². The minimum absolute atomic E-state index is 0.168. The fraction of sp³-hybridized carbons (Fsp3) is 0.600. The molecule has 3 aliphatic heterocycles. The molecule has 3 saturated heterocycles. The van der Waals surface area contributed by atoms with Gasteiger partial charge in [-0.3, -0.25) is 9.80 Å². The molecule has 2 unspecified atom stereocenters. The number of hydrogen-bond donors (Lipinski definition) is 1. The summed E-state index contributed by atoms with van der Waals surface area (Å²) in [5.74, 6) is 0.893. The molecule has 0 amide bonds. The highest BCUT2D eigenvalue weighted by Crippen LogP contribution is 2.26. The van der Waals surface area contributed by atoms with Crippen molar-refractivity contribution in [2.24, 2.45) is 5.73 Å². The Labute approximate surface area is 129 Å². The standard InChI is InChI=1S/C15H22BrN3O/c1-20-12-2-3-13(16)11(8-12)9-14(17)15-10-18-4-6-19(15)7-5-18/h2-3,8,14-15H,4-7,9-10,17H2,1H3. The number of ether oxygens (including phenoxy) is 1. The fourth-order valence-electron chi connectivity index (χ4n) is 3.29. The van der Waals surface area contributed by atoms with E-state index in [0.717, 1.165) is 36.3 Å². The first-order chi connectivity index (χ1) is 9.67. The third kappa shape index (κ3) is 2.86. The molecule has 0 spiro atoms. The lowest BCUT2D eigenvalue weighted by molar-refractivity contribution is 0.00256. The molecule has 3 aliphatic rings. The molecule has 0 aromatic heterocycles. The number of nitrogens with zero attached hydrogens (tertiary/aromatic N) is 2. The third-order valence-electron chi connectivity index (χ3n) is 4.52. The Morgan fingerprint density at radius 3 is 2.70 bits per heavy atom. The van der Waals surface area contributed by atoms with Crippen LogP contribution in [0, 0.1) is 0 Å². The second-order valence-electron chi connectivity index (χ2n) is 5.73. The lowest BCUT2D eigenvalue weighted by atomic mass is 9.95. The van der Waals surface area contributed by atoms with E-state index in [1.807, 2.05) is 12.1 Å². The Kier molecular flexibility index (Phi) is 4.31. The van der Waals surface area contributed by atoms with Crippen LogP contribution in [0.5, 0.6) is 5.75 Å². The predicted octanol–water partition coefficient (Wildman–Crippen LogP) is 1.33. The van der Waals surface area contributed by atoms with Crippen LogP contribution in [-0.4, -0.2) is 61.7 Å². The molecule has 1 aromatic rings. The largest absolute Gasteiger partial charge is 0.497 e. The van der Waals surface area contributed by atoms with E-state index in [9.17, 15) is 0 Å². The van der Waals surface area contributed by atoms with Gasteiger partial charge in [0.2, 0.25) is 0 Å². The molecule has 2 atom stereocenters. The molecule has 2 N–H and O–H groups in total. The van der Waals surface area contributed by atoms with Gasteiger partial charge in [-0.1, -0.05) is 15.9 Å². The van der Waals surface area contributed by atoms with E-state index in [-0.39, 0.29) is 6.04 Å². The van der Waals surface area contributed by atoms with E-state index in [1.165, 1.54) is 18.7 Å². The van der Waals surface area contributed by atoms with Crippen LogP contribution in [0.4, 0.5) is 0 Å². The highest BCUT2D eigenvalue weighted by molar-refractivity contribution is 9.10. The number of halogens is 1. The van der Waals surface area contributed by atoms with Gasteiger partial charge in [-0.25, -0.2) is 0 Å². The molecule has 5 heteroatoms. The zero-order valence-electron chi connectivity index (χ0n) is 11.9. The van der Waals surface area contributed by atoms with Gasteiger partial charge < -0.3 is 10.5 Å². The van der Waals surface area contributed by atoms with E-state index < -0.39 is 0 Å². The second-order valence-corrected chi connectivity index (χ2v) is 6.58. The highest BCUT2D eigenvalue weighted by Gasteiger charge is 2.35. The molecular weight excluding hydrogens is 318 g/mol. The van der Waals surface area contributed by atoms with Gasteiger partial charge in [-0.2, -0.15) is 0 Å². The maximum absolute atomic E-state index is 6.50. The van der Waals surface area contributed by atoms with Crippen molar-refractivity contribution in [2.45, 2.75) is 18.5 Å². The van der Waals surface area contributed by atoms with Crippen molar-refractivity contribution in [2.75, 3.05) is 39.8 Å². The summed E-state index contributed by atoms with van der Waals surface area (Å²) >= 11 is 3.62. The van der Waals surface area contributed by atoms with Crippen LogP contribution in [0.15, 0.2) is 22.7 Å². The van der Waals surface area contributed by atoms with Crippen molar-refractivity contribution in [3.05, 3.63) is 28.2 Å². The summed E-state index contributed by atoms with van der Waals surface area (Å²) in [6.45, 7) is 5.84. The molecule has 110 valence electrons. The van der Waals surface area contributed by atoms with Gasteiger partial charge in [0.05, 0.1) is 7.11 Å². The van der Waals surface area contributed by atoms with E-state index in [4.69, 9.17) is 10.5 Å². The lowest BCUT2D eigenvalue weighted by Crippen LogP contribution is -2.66. The first-order valence-electron chi connectivity index (χ1n) is 7.22. The number of methoxy groups -OCH3 is 1. The Balaban J connectivity index is 1.71. The maximum atomic E-state index is 6.50. The minimum atomic E-state index is 0.168. The average molecular weight is 340 g/mol. The van der Waals surface area contributed by atoms with Crippen LogP contribution in [0.25, 0.3) is 0 Å². The normalized spacial score (nSPS) is 30.2. The van der Waals surface area contributed by atoms with Crippen LogP contribution < -0.4 is 10.5 Å². The summed E-state index contributed by atoms with van der Waals surface area (Å²) in [4.78, 5) is 5.09. The molecule has 4 rings (SSSR count). The van der Waals surface area contributed by atoms with E-state index in [0.29, 0.717) is 6.04 Å². The number of hydrogen-bond acceptors (Lipinski definition) is 4. The number of fused-ring (bicyclic) bond motifs is 3. The van der Waals surface area contributed by atoms with Crippen molar-refractivity contribution in [1.82, 2.24) is 9.80 Å². The maximum Gasteiger partial charge on any atom is 0.119 e. The summed E-state index contributed by atoms with van der Waals surface area (Å²) in [5.41, 5.74) is 7.73. The first-order valence-corrected chi connectivity index (χ1v) is 8.01. The third-order valence-corrected chi connectivity index (χ3v) is 5.30. The summed E-state index contributed by atoms with van der Waals surface area (Å²) in [6, 6.07) is 6.74. The number of benzene rings is 1. The Morgan fingerprint density at radius 1 is 1.35 bits per heavy atom. The van der Waals surface area contributed by atoms with Crippen LogP contribution in [-0.2, 0) is 6.42 Å². The lowest BCUT2D eigenvalue weighted by Gasteiger charge is -2.49. The SMILES string of the molecule is COc1ccc(Br)c(CC(N)C2CN3CCN2CC3)c1. The summed E-state index contributed by atoms with van der Waals surface area (Å²) < 4.78 is 6.42. The van der Waals surface area contributed by atoms with Crippen LogP contribution >= 0.6 is 15.9 Å². The van der Waals surface area contributed by atoms with Gasteiger partial charge in [0, 0.05) is 49.3 Å². The predicted molar refractivity (Wildman–Crippen MR) is 84.2 cm³/mol. The zero-order chi connectivity index (χ0) is 14.1. The van der Waals surface area contributed by atoms with Gasteiger partial charge in [-0.05, 0) is 30.2 Å². The van der Waals surface area contributed by atoms with Crippen molar-refractivity contribution < 1.29 is 4.74 Å². The Hall–Kier alpha value is -0.620. The molecule has 1 aromatic carbocycles. The van der Waals surface area contributed by atoms with Crippen LogP contribution in [0.2, 0.25) is 0 Å². The number of rotatable bonds is 4. The Morgan fingerprint density at radius 2 is 2.10 bits per heavy atom. The van der Waals surface area contributed by atoms with Crippen molar-refractivity contribution in [3.8, 4) is 5.75 Å². The van der Waals surface area contributed by atoms with Crippen molar-refractivity contribution >= 4 is 15.9 Å². The number of nitrogens with two attached hydrogens (primary N) is 1. The Bertz CT molecular complexity index is 474. The fourth-order valence-corrected chi connectivity index (χ4v) is 3.70. The van der Waals surface area contributed by atoms with Crippen molar-refractivity contribution in [3.63, 3.8) is 0 Å². The van der Waals surface area contributed by atoms with Crippen LogP contribution in [0.1, 0.15) is 5.56 Å². The van der Waals surface area contributed by atoms with Gasteiger partial charge >= 0.3 is 0 Å². The molecule has 0 aliphatic carbocycles. The zero-order valence-corrected chi connectivity index (χ0v) is 13.5. The van der Waals surface area contributed by atoms with Gasteiger partial charge in [-0.15, -0.1) is 0 Å². The molecule has 0 saturated carbocycles. The summed E-state index contributed by atoms with van der Waals surface area (Å²) in [5, 5.41) is 0.